The third kappa shape index (κ3) is 4.76. The molecular formula is C20H19NO5S2. The molecule has 1 aromatic carbocycles. The lowest BCUT2D eigenvalue weighted by Crippen LogP contribution is -2.07. The number of thiazole rings is 1. The number of ketones is 1. The smallest absolute Gasteiger partial charge is 0.306 e. The molecule has 2 aromatic heterocycles. The van der Waals surface area contributed by atoms with Gasteiger partial charge in [0.1, 0.15) is 11.6 Å². The number of methoxy groups -OCH3 is 2. The van der Waals surface area contributed by atoms with Gasteiger partial charge in [-0.15, -0.1) is 22.7 Å². The topological polar surface area (TPSA) is 74.7 Å². The van der Waals surface area contributed by atoms with Gasteiger partial charge < -0.3 is 14.2 Å². The van der Waals surface area contributed by atoms with E-state index in [2.05, 4.69) is 4.98 Å². The molecule has 0 aliphatic carbocycles. The molecule has 0 fully saturated rings. The molecule has 6 nitrogen and oxygen atoms in total. The van der Waals surface area contributed by atoms with E-state index in [1.807, 2.05) is 35.0 Å². The number of Topliss-reactive ketones (excluding diaryl/α,β-unsaturated/α-hetero) is 1. The van der Waals surface area contributed by atoms with Gasteiger partial charge in [-0.1, -0.05) is 12.1 Å². The minimum absolute atomic E-state index is 0.0481. The number of carbonyl (C=O) groups is 2. The summed E-state index contributed by atoms with van der Waals surface area (Å²) in [5.41, 5.74) is 1.45. The van der Waals surface area contributed by atoms with Gasteiger partial charge in [0.05, 0.1) is 36.8 Å². The summed E-state index contributed by atoms with van der Waals surface area (Å²) < 4.78 is 16.0. The van der Waals surface area contributed by atoms with Crippen LogP contribution in [0.4, 0.5) is 0 Å². The third-order valence-electron chi connectivity index (χ3n) is 3.92. The summed E-state index contributed by atoms with van der Waals surface area (Å²) in [5, 5.41) is 4.41. The number of esters is 1. The first-order valence-corrected chi connectivity index (χ1v) is 10.3. The first-order valence-electron chi connectivity index (χ1n) is 8.50. The van der Waals surface area contributed by atoms with Crippen LogP contribution in [0.15, 0.2) is 41.1 Å². The number of para-hydroxylation sites is 1. The Hall–Kier alpha value is -2.71. The lowest BCUT2D eigenvalue weighted by Gasteiger charge is -2.10. The van der Waals surface area contributed by atoms with Gasteiger partial charge in [0.2, 0.25) is 0 Å². The predicted molar refractivity (Wildman–Crippen MR) is 108 cm³/mol. The molecule has 146 valence electrons. The van der Waals surface area contributed by atoms with Crippen LogP contribution in [0, 0.1) is 0 Å². The number of ether oxygens (including phenoxy) is 3. The fourth-order valence-electron chi connectivity index (χ4n) is 2.56. The molecule has 0 saturated carbocycles. The molecule has 0 N–H and O–H groups in total. The Labute approximate surface area is 170 Å². The zero-order valence-corrected chi connectivity index (χ0v) is 17.1. The van der Waals surface area contributed by atoms with E-state index >= 15 is 0 Å². The Kier molecular flexibility index (Phi) is 6.78. The molecule has 0 unspecified atom stereocenters. The average Bonchev–Trinajstić information content (AvgIpc) is 3.41. The zero-order chi connectivity index (χ0) is 19.9. The van der Waals surface area contributed by atoms with Crippen molar-refractivity contribution < 1.29 is 23.8 Å². The van der Waals surface area contributed by atoms with Gasteiger partial charge in [0, 0.05) is 11.8 Å². The average molecular weight is 418 g/mol. The van der Waals surface area contributed by atoms with Gasteiger partial charge in [-0.2, -0.15) is 0 Å². The second-order valence-electron chi connectivity index (χ2n) is 5.75. The molecule has 0 bridgehead atoms. The van der Waals surface area contributed by atoms with Crippen molar-refractivity contribution in [3.63, 3.8) is 0 Å². The monoisotopic (exact) mass is 417 g/mol. The van der Waals surface area contributed by atoms with Crippen molar-refractivity contribution in [1.29, 1.82) is 0 Å². The number of aromatic nitrogens is 1. The third-order valence-corrected chi connectivity index (χ3v) is 5.75. The Morgan fingerprint density at radius 1 is 1.04 bits per heavy atom. The summed E-state index contributed by atoms with van der Waals surface area (Å²) in [6.45, 7) is 0.0643. The van der Waals surface area contributed by atoms with Crippen molar-refractivity contribution in [2.75, 3.05) is 14.2 Å². The number of nitrogens with zero attached hydrogens (tertiary/aromatic N) is 1. The van der Waals surface area contributed by atoms with Gasteiger partial charge >= 0.3 is 5.97 Å². The standard InChI is InChI=1S/C20H19NO5S2/c1-24-16-6-3-5-14(19(16)25-2)20-21-13(12-28-20)11-26-18(23)9-8-15(22)17-7-4-10-27-17/h3-7,10,12H,8-9,11H2,1-2H3. The Morgan fingerprint density at radius 2 is 1.89 bits per heavy atom. The Morgan fingerprint density at radius 3 is 2.61 bits per heavy atom. The van der Waals surface area contributed by atoms with E-state index in [-0.39, 0.29) is 25.2 Å². The van der Waals surface area contributed by atoms with E-state index in [1.54, 1.807) is 20.3 Å². The molecule has 0 aliphatic rings. The molecule has 3 aromatic rings. The molecule has 3 rings (SSSR count). The second kappa shape index (κ2) is 9.48. The Balaban J connectivity index is 1.56. The molecule has 0 aliphatic heterocycles. The molecule has 0 amide bonds. The van der Waals surface area contributed by atoms with Crippen LogP contribution in [0.25, 0.3) is 10.6 Å². The van der Waals surface area contributed by atoms with Crippen LogP contribution in [0.1, 0.15) is 28.2 Å². The van der Waals surface area contributed by atoms with Crippen molar-refractivity contribution in [2.24, 2.45) is 0 Å². The number of benzene rings is 1. The number of rotatable bonds is 9. The van der Waals surface area contributed by atoms with Gasteiger partial charge in [-0.3, -0.25) is 9.59 Å². The van der Waals surface area contributed by atoms with Crippen molar-refractivity contribution in [3.8, 4) is 22.1 Å². The van der Waals surface area contributed by atoms with Gasteiger partial charge in [-0.25, -0.2) is 4.98 Å². The Bertz CT molecular complexity index is 949. The molecule has 2 heterocycles. The molecule has 8 heteroatoms. The summed E-state index contributed by atoms with van der Waals surface area (Å²) in [7, 11) is 3.16. The van der Waals surface area contributed by atoms with Crippen LogP contribution in [0.2, 0.25) is 0 Å². The van der Waals surface area contributed by atoms with Gasteiger partial charge in [-0.05, 0) is 23.6 Å². The fraction of sp³-hybridized carbons (Fsp3) is 0.250. The highest BCUT2D eigenvalue weighted by Gasteiger charge is 2.16. The highest BCUT2D eigenvalue weighted by atomic mass is 32.1. The van der Waals surface area contributed by atoms with Crippen molar-refractivity contribution in [2.45, 2.75) is 19.4 Å². The summed E-state index contributed by atoms with van der Waals surface area (Å²) >= 11 is 2.80. The second-order valence-corrected chi connectivity index (χ2v) is 7.55. The SMILES string of the molecule is COc1cccc(-c2nc(COC(=O)CCC(=O)c3cccs3)cs2)c1OC. The van der Waals surface area contributed by atoms with E-state index < -0.39 is 5.97 Å². The molecule has 28 heavy (non-hydrogen) atoms. The number of carbonyl (C=O) groups excluding carboxylic acids is 2. The number of hydrogen-bond acceptors (Lipinski definition) is 8. The van der Waals surface area contributed by atoms with Crippen molar-refractivity contribution in [1.82, 2.24) is 4.98 Å². The first-order chi connectivity index (χ1) is 13.6. The van der Waals surface area contributed by atoms with E-state index in [0.717, 1.165) is 10.6 Å². The lowest BCUT2D eigenvalue weighted by atomic mass is 10.2. The van der Waals surface area contributed by atoms with E-state index in [9.17, 15) is 9.59 Å². The van der Waals surface area contributed by atoms with Crippen LogP contribution in [0.3, 0.4) is 0 Å². The normalized spacial score (nSPS) is 10.5. The largest absolute Gasteiger partial charge is 0.493 e. The number of thiophene rings is 1. The highest BCUT2D eigenvalue weighted by Crippen LogP contribution is 2.39. The zero-order valence-electron chi connectivity index (χ0n) is 15.5. The van der Waals surface area contributed by atoms with Crippen LogP contribution in [-0.4, -0.2) is 31.0 Å². The maximum Gasteiger partial charge on any atom is 0.306 e. The van der Waals surface area contributed by atoms with Crippen molar-refractivity contribution in [3.05, 3.63) is 51.7 Å². The molecule has 0 atom stereocenters. The molecule has 0 saturated heterocycles. The minimum atomic E-state index is -0.418. The highest BCUT2D eigenvalue weighted by molar-refractivity contribution is 7.13. The van der Waals surface area contributed by atoms with E-state index in [4.69, 9.17) is 14.2 Å². The molecule has 0 spiro atoms. The maximum atomic E-state index is 11.9. The van der Waals surface area contributed by atoms with Crippen LogP contribution in [0.5, 0.6) is 11.5 Å². The fourth-order valence-corrected chi connectivity index (χ4v) is 4.08. The number of hydrogen-bond donors (Lipinski definition) is 0. The van der Waals surface area contributed by atoms with E-state index in [0.29, 0.717) is 22.1 Å². The lowest BCUT2D eigenvalue weighted by molar-refractivity contribution is -0.145. The van der Waals surface area contributed by atoms with Crippen LogP contribution < -0.4 is 9.47 Å². The summed E-state index contributed by atoms with van der Waals surface area (Å²) in [4.78, 5) is 29.0. The maximum absolute atomic E-state index is 11.9. The molecule has 0 radical (unpaired) electrons. The molecular weight excluding hydrogens is 398 g/mol. The van der Waals surface area contributed by atoms with Gasteiger partial charge in [0.25, 0.3) is 0 Å². The van der Waals surface area contributed by atoms with Crippen LogP contribution in [-0.2, 0) is 16.1 Å². The first kappa shape index (κ1) is 20.0. The summed E-state index contributed by atoms with van der Waals surface area (Å²) in [5.74, 6) is 0.764. The summed E-state index contributed by atoms with van der Waals surface area (Å²) in [6.07, 6.45) is 0.195. The summed E-state index contributed by atoms with van der Waals surface area (Å²) in [6, 6.07) is 9.14. The van der Waals surface area contributed by atoms with E-state index in [1.165, 1.54) is 22.7 Å². The minimum Gasteiger partial charge on any atom is -0.493 e. The van der Waals surface area contributed by atoms with Crippen LogP contribution >= 0.6 is 22.7 Å². The van der Waals surface area contributed by atoms with Crippen molar-refractivity contribution >= 4 is 34.4 Å². The predicted octanol–water partition coefficient (Wildman–Crippen LogP) is 4.60. The van der Waals surface area contributed by atoms with Gasteiger partial charge in [0.15, 0.2) is 17.3 Å². The quantitative estimate of drug-likeness (QED) is 0.374.